The number of aliphatic hydroxyl groups excluding tert-OH is 1. The molecule has 18 heavy (non-hydrogen) atoms. The average Bonchev–Trinajstić information content (AvgIpc) is 2.54. The summed E-state index contributed by atoms with van der Waals surface area (Å²) in [5.74, 6) is 1.29. The number of aliphatic hydroxyl groups is 1. The predicted molar refractivity (Wildman–Crippen MR) is 68.7 cm³/mol. The van der Waals surface area contributed by atoms with E-state index in [4.69, 9.17) is 13.5 Å². The van der Waals surface area contributed by atoms with Gasteiger partial charge >= 0.3 is 7.60 Å². The lowest BCUT2D eigenvalue weighted by atomic mass is 10.1. The highest BCUT2D eigenvalue weighted by Gasteiger charge is 2.28. The highest BCUT2D eigenvalue weighted by Crippen LogP contribution is 2.52. The lowest BCUT2D eigenvalue weighted by Crippen LogP contribution is -2.01. The van der Waals surface area contributed by atoms with Crippen molar-refractivity contribution in [1.29, 1.82) is 0 Å². The molecule has 0 saturated carbocycles. The SMILES string of the molecule is CCOP(=O)(Cc1c(C)oc(C)c1CO)OCC. The van der Waals surface area contributed by atoms with Crippen LogP contribution in [0.4, 0.5) is 0 Å². The molecule has 0 aliphatic carbocycles. The molecule has 0 aliphatic rings. The van der Waals surface area contributed by atoms with Gasteiger partial charge in [-0.2, -0.15) is 0 Å². The molecule has 0 radical (unpaired) electrons. The third kappa shape index (κ3) is 3.45. The van der Waals surface area contributed by atoms with Gasteiger partial charge in [0.05, 0.1) is 26.0 Å². The Kier molecular flexibility index (Phi) is 5.60. The standard InChI is InChI=1S/C12H21O5P/c1-5-15-18(14,16-6-2)8-12-10(4)17-9(3)11(12)7-13/h13H,5-8H2,1-4H3. The van der Waals surface area contributed by atoms with Gasteiger partial charge in [-0.05, 0) is 27.7 Å². The molecule has 1 heterocycles. The van der Waals surface area contributed by atoms with Crippen LogP contribution in [0, 0.1) is 13.8 Å². The topological polar surface area (TPSA) is 68.9 Å². The van der Waals surface area contributed by atoms with Gasteiger partial charge in [-0.15, -0.1) is 0 Å². The maximum absolute atomic E-state index is 12.4. The van der Waals surface area contributed by atoms with Crippen molar-refractivity contribution in [2.75, 3.05) is 13.2 Å². The molecule has 0 bridgehead atoms. The van der Waals surface area contributed by atoms with Crippen LogP contribution in [0.2, 0.25) is 0 Å². The van der Waals surface area contributed by atoms with Crippen LogP contribution in [0.15, 0.2) is 4.42 Å². The van der Waals surface area contributed by atoms with Crippen LogP contribution < -0.4 is 0 Å². The van der Waals surface area contributed by atoms with Crippen molar-refractivity contribution in [3.63, 3.8) is 0 Å². The molecule has 104 valence electrons. The molecule has 0 fully saturated rings. The molecule has 0 saturated heterocycles. The second-order valence-electron chi connectivity index (χ2n) is 3.93. The lowest BCUT2D eigenvalue weighted by Gasteiger charge is -2.17. The van der Waals surface area contributed by atoms with Gasteiger partial charge < -0.3 is 18.6 Å². The summed E-state index contributed by atoms with van der Waals surface area (Å²) in [6, 6.07) is 0. The first-order valence-electron chi connectivity index (χ1n) is 6.04. The molecular formula is C12H21O5P. The van der Waals surface area contributed by atoms with Crippen molar-refractivity contribution < 1.29 is 23.1 Å². The molecule has 1 N–H and O–H groups in total. The molecule has 1 rings (SSSR count). The number of aryl methyl sites for hydroxylation is 2. The number of hydrogen-bond acceptors (Lipinski definition) is 5. The number of rotatable bonds is 7. The summed E-state index contributed by atoms with van der Waals surface area (Å²) in [7, 11) is -3.17. The molecule has 0 atom stereocenters. The van der Waals surface area contributed by atoms with Gasteiger partial charge in [-0.25, -0.2) is 0 Å². The molecule has 6 heteroatoms. The Morgan fingerprint density at radius 2 is 1.61 bits per heavy atom. The molecule has 0 spiro atoms. The quantitative estimate of drug-likeness (QED) is 0.775. The molecule has 0 unspecified atom stereocenters. The van der Waals surface area contributed by atoms with Gasteiger partial charge in [-0.1, -0.05) is 0 Å². The first kappa shape index (κ1) is 15.4. The predicted octanol–water partition coefficient (Wildman–Crippen LogP) is 3.15. The minimum absolute atomic E-state index is 0.133. The maximum Gasteiger partial charge on any atom is 0.335 e. The van der Waals surface area contributed by atoms with Crippen LogP contribution in [0.3, 0.4) is 0 Å². The zero-order valence-electron chi connectivity index (χ0n) is 11.4. The van der Waals surface area contributed by atoms with Gasteiger partial charge in [0.1, 0.15) is 11.5 Å². The van der Waals surface area contributed by atoms with E-state index in [1.807, 2.05) is 0 Å². The Morgan fingerprint density at radius 3 is 2.06 bits per heavy atom. The second kappa shape index (κ2) is 6.53. The van der Waals surface area contributed by atoms with Crippen LogP contribution in [-0.4, -0.2) is 18.3 Å². The summed E-state index contributed by atoms with van der Waals surface area (Å²) in [4.78, 5) is 0. The van der Waals surface area contributed by atoms with Crippen molar-refractivity contribution in [2.24, 2.45) is 0 Å². The van der Waals surface area contributed by atoms with E-state index in [-0.39, 0.29) is 12.8 Å². The molecule has 0 aliphatic heterocycles. The second-order valence-corrected chi connectivity index (χ2v) is 5.99. The lowest BCUT2D eigenvalue weighted by molar-refractivity contribution is 0.218. The van der Waals surface area contributed by atoms with E-state index >= 15 is 0 Å². The Bertz CT molecular complexity index is 428. The van der Waals surface area contributed by atoms with E-state index in [0.717, 1.165) is 5.56 Å². The van der Waals surface area contributed by atoms with Crippen molar-refractivity contribution in [2.45, 2.75) is 40.5 Å². The van der Waals surface area contributed by atoms with Gasteiger partial charge in [0.2, 0.25) is 0 Å². The van der Waals surface area contributed by atoms with Crippen LogP contribution >= 0.6 is 7.60 Å². The van der Waals surface area contributed by atoms with Crippen LogP contribution in [0.25, 0.3) is 0 Å². The Labute approximate surface area is 108 Å². The zero-order valence-corrected chi connectivity index (χ0v) is 12.3. The molecule has 5 nitrogen and oxygen atoms in total. The van der Waals surface area contributed by atoms with E-state index < -0.39 is 7.60 Å². The van der Waals surface area contributed by atoms with Crippen LogP contribution in [0.5, 0.6) is 0 Å². The average molecular weight is 276 g/mol. The largest absolute Gasteiger partial charge is 0.466 e. The maximum atomic E-state index is 12.4. The normalized spacial score (nSPS) is 12.1. The summed E-state index contributed by atoms with van der Waals surface area (Å²) in [5.41, 5.74) is 1.40. The zero-order chi connectivity index (χ0) is 13.8. The number of furan rings is 1. The van der Waals surface area contributed by atoms with Crippen LogP contribution in [0.1, 0.15) is 36.5 Å². The summed E-state index contributed by atoms with van der Waals surface area (Å²) in [6.07, 6.45) is 0.133. The van der Waals surface area contributed by atoms with Crippen LogP contribution in [-0.2, 0) is 26.4 Å². The molecular weight excluding hydrogens is 255 g/mol. The molecule has 1 aromatic rings. The minimum atomic E-state index is -3.17. The Morgan fingerprint density at radius 1 is 1.11 bits per heavy atom. The van der Waals surface area contributed by atoms with Gasteiger partial charge in [0.15, 0.2) is 0 Å². The van der Waals surface area contributed by atoms with E-state index in [0.29, 0.717) is 30.3 Å². The molecule has 0 aromatic carbocycles. The van der Waals surface area contributed by atoms with E-state index in [9.17, 15) is 9.67 Å². The van der Waals surface area contributed by atoms with Gasteiger partial charge in [0.25, 0.3) is 0 Å². The van der Waals surface area contributed by atoms with E-state index in [2.05, 4.69) is 0 Å². The van der Waals surface area contributed by atoms with E-state index in [1.165, 1.54) is 0 Å². The highest BCUT2D eigenvalue weighted by atomic mass is 31.2. The Hall–Kier alpha value is -0.610. The van der Waals surface area contributed by atoms with Crippen molar-refractivity contribution in [3.8, 4) is 0 Å². The monoisotopic (exact) mass is 276 g/mol. The van der Waals surface area contributed by atoms with Gasteiger partial charge in [0, 0.05) is 11.1 Å². The Balaban J connectivity index is 3.04. The molecule has 1 aromatic heterocycles. The number of hydrogen-bond donors (Lipinski definition) is 1. The third-order valence-corrected chi connectivity index (χ3v) is 4.69. The first-order chi connectivity index (χ1) is 8.47. The first-order valence-corrected chi connectivity index (χ1v) is 7.76. The molecule has 0 amide bonds. The van der Waals surface area contributed by atoms with Crippen molar-refractivity contribution in [3.05, 3.63) is 22.6 Å². The summed E-state index contributed by atoms with van der Waals surface area (Å²) in [6.45, 7) is 7.59. The minimum Gasteiger partial charge on any atom is -0.466 e. The van der Waals surface area contributed by atoms with Gasteiger partial charge in [-0.3, -0.25) is 4.57 Å². The third-order valence-electron chi connectivity index (χ3n) is 2.68. The summed E-state index contributed by atoms with van der Waals surface area (Å²) in [5, 5.41) is 9.34. The fraction of sp³-hybridized carbons (Fsp3) is 0.667. The summed E-state index contributed by atoms with van der Waals surface area (Å²) >= 11 is 0. The fourth-order valence-electron chi connectivity index (χ4n) is 1.91. The smallest absolute Gasteiger partial charge is 0.335 e. The van der Waals surface area contributed by atoms with Crippen molar-refractivity contribution in [1.82, 2.24) is 0 Å². The fourth-order valence-corrected chi connectivity index (χ4v) is 3.75. The highest BCUT2D eigenvalue weighted by molar-refractivity contribution is 7.53. The van der Waals surface area contributed by atoms with Crippen molar-refractivity contribution >= 4 is 7.60 Å². The van der Waals surface area contributed by atoms with E-state index in [1.54, 1.807) is 27.7 Å². The summed E-state index contributed by atoms with van der Waals surface area (Å²) < 4.78 is 28.4.